The summed E-state index contributed by atoms with van der Waals surface area (Å²) < 4.78 is 0. The summed E-state index contributed by atoms with van der Waals surface area (Å²) in [6.07, 6.45) is 0.624. The highest BCUT2D eigenvalue weighted by molar-refractivity contribution is 5.81. The summed E-state index contributed by atoms with van der Waals surface area (Å²) in [5.74, 6) is 5.12. The van der Waals surface area contributed by atoms with Gasteiger partial charge < -0.3 is 5.43 Å². The van der Waals surface area contributed by atoms with Crippen molar-refractivity contribution in [3.8, 4) is 6.07 Å². The van der Waals surface area contributed by atoms with E-state index in [0.717, 1.165) is 0 Å². The highest BCUT2D eigenvalue weighted by Crippen LogP contribution is 2.12. The van der Waals surface area contributed by atoms with Crippen LogP contribution in [0.4, 0.5) is 5.69 Å². The van der Waals surface area contributed by atoms with Gasteiger partial charge in [0, 0.05) is 11.3 Å². The maximum absolute atomic E-state index is 10.4. The molecule has 1 rings (SSSR count). The van der Waals surface area contributed by atoms with Crippen LogP contribution in [-0.4, -0.2) is 6.29 Å². The Morgan fingerprint density at radius 3 is 2.83 bits per heavy atom. The molecule has 60 valence electrons. The van der Waals surface area contributed by atoms with Crippen LogP contribution in [0, 0.1) is 11.3 Å². The predicted octanol–water partition coefficient (Wildman–Crippen LogP) is 0.656. The van der Waals surface area contributed by atoms with Gasteiger partial charge in [0.2, 0.25) is 0 Å². The van der Waals surface area contributed by atoms with Gasteiger partial charge in [-0.2, -0.15) is 5.26 Å². The van der Waals surface area contributed by atoms with Gasteiger partial charge in [0.15, 0.2) is 6.29 Å². The Hall–Kier alpha value is -1.86. The molecule has 4 heteroatoms. The molecule has 0 aliphatic rings. The molecule has 0 amide bonds. The first-order valence-corrected chi connectivity index (χ1v) is 3.27. The molecule has 0 spiro atoms. The van der Waals surface area contributed by atoms with Gasteiger partial charge >= 0.3 is 0 Å². The van der Waals surface area contributed by atoms with Crippen LogP contribution in [0.2, 0.25) is 0 Å². The highest BCUT2D eigenvalue weighted by Gasteiger charge is 2.00. The van der Waals surface area contributed by atoms with E-state index in [1.54, 1.807) is 12.1 Å². The maximum atomic E-state index is 10.4. The Balaban J connectivity index is 3.21. The topological polar surface area (TPSA) is 78.9 Å². The van der Waals surface area contributed by atoms with Gasteiger partial charge in [-0.25, -0.2) is 0 Å². The molecule has 4 nitrogen and oxygen atoms in total. The molecule has 0 bridgehead atoms. The van der Waals surface area contributed by atoms with E-state index in [2.05, 4.69) is 5.43 Å². The molecule has 12 heavy (non-hydrogen) atoms. The molecule has 1 aromatic rings. The summed E-state index contributed by atoms with van der Waals surface area (Å²) in [4.78, 5) is 10.4. The Morgan fingerprint density at radius 2 is 2.33 bits per heavy atom. The summed E-state index contributed by atoms with van der Waals surface area (Å²) >= 11 is 0. The monoisotopic (exact) mass is 161 g/mol. The Kier molecular flexibility index (Phi) is 2.41. The van der Waals surface area contributed by atoms with Gasteiger partial charge in [-0.3, -0.25) is 10.6 Å². The molecule has 0 atom stereocenters. The Labute approximate surface area is 69.6 Å². The molecule has 0 aliphatic carbocycles. The van der Waals surface area contributed by atoms with E-state index in [1.807, 2.05) is 6.07 Å². The minimum atomic E-state index is 0.341. The molecule has 0 radical (unpaired) electrons. The summed E-state index contributed by atoms with van der Waals surface area (Å²) in [5, 5.41) is 8.55. The first-order valence-electron chi connectivity index (χ1n) is 3.27. The third-order valence-corrected chi connectivity index (χ3v) is 1.47. The van der Waals surface area contributed by atoms with E-state index in [-0.39, 0.29) is 0 Å². The van der Waals surface area contributed by atoms with Crippen LogP contribution >= 0.6 is 0 Å². The minimum Gasteiger partial charge on any atom is -0.324 e. The van der Waals surface area contributed by atoms with E-state index in [1.165, 1.54) is 6.07 Å². The van der Waals surface area contributed by atoms with Crippen molar-refractivity contribution in [1.82, 2.24) is 0 Å². The van der Waals surface area contributed by atoms with Crippen molar-refractivity contribution < 1.29 is 4.79 Å². The molecular weight excluding hydrogens is 154 g/mol. The quantitative estimate of drug-likeness (QED) is 0.379. The number of rotatable bonds is 2. The lowest BCUT2D eigenvalue weighted by atomic mass is 10.1. The zero-order valence-corrected chi connectivity index (χ0v) is 6.24. The van der Waals surface area contributed by atoms with Crippen molar-refractivity contribution in [3.05, 3.63) is 29.3 Å². The largest absolute Gasteiger partial charge is 0.324 e. The number of aldehydes is 1. The van der Waals surface area contributed by atoms with Crippen LogP contribution in [0.3, 0.4) is 0 Å². The van der Waals surface area contributed by atoms with Crippen LogP contribution in [0.15, 0.2) is 18.2 Å². The molecule has 0 saturated carbocycles. The average Bonchev–Trinajstić information content (AvgIpc) is 2.16. The maximum Gasteiger partial charge on any atom is 0.151 e. The van der Waals surface area contributed by atoms with Crippen LogP contribution in [-0.2, 0) is 0 Å². The van der Waals surface area contributed by atoms with Crippen molar-refractivity contribution in [2.75, 3.05) is 5.43 Å². The SMILES string of the molecule is N#Cc1ccc(NN)cc1C=O. The molecule has 3 N–H and O–H groups in total. The molecule has 0 aliphatic heterocycles. The average molecular weight is 161 g/mol. The van der Waals surface area contributed by atoms with Crippen LogP contribution in [0.25, 0.3) is 0 Å². The zero-order chi connectivity index (χ0) is 8.97. The number of nitriles is 1. The summed E-state index contributed by atoms with van der Waals surface area (Å²) in [5.41, 5.74) is 3.68. The smallest absolute Gasteiger partial charge is 0.151 e. The number of anilines is 1. The van der Waals surface area contributed by atoms with E-state index >= 15 is 0 Å². The van der Waals surface area contributed by atoms with E-state index in [0.29, 0.717) is 23.1 Å². The number of nitrogens with zero attached hydrogens (tertiary/aromatic N) is 1. The molecular formula is C8H7N3O. The number of nitrogens with one attached hydrogen (secondary N) is 1. The van der Waals surface area contributed by atoms with Gasteiger partial charge in [-0.15, -0.1) is 0 Å². The number of carbonyl (C=O) groups excluding carboxylic acids is 1. The van der Waals surface area contributed by atoms with Gasteiger partial charge in [0.25, 0.3) is 0 Å². The Bertz CT molecular complexity index is 341. The van der Waals surface area contributed by atoms with Crippen molar-refractivity contribution in [3.63, 3.8) is 0 Å². The second kappa shape index (κ2) is 3.51. The number of hydrogen-bond acceptors (Lipinski definition) is 4. The van der Waals surface area contributed by atoms with E-state index in [4.69, 9.17) is 11.1 Å². The first kappa shape index (κ1) is 8.24. The van der Waals surface area contributed by atoms with E-state index < -0.39 is 0 Å². The summed E-state index contributed by atoms with van der Waals surface area (Å²) in [7, 11) is 0. The molecule has 0 unspecified atom stereocenters. The minimum absolute atomic E-state index is 0.341. The fourth-order valence-electron chi connectivity index (χ4n) is 0.852. The number of nitrogens with two attached hydrogens (primary N) is 1. The Morgan fingerprint density at radius 1 is 1.58 bits per heavy atom. The standard InChI is InChI=1S/C8H7N3O/c9-4-6-1-2-8(11-10)3-7(6)5-12/h1-3,5,11H,10H2. The van der Waals surface area contributed by atoms with Crippen molar-refractivity contribution in [2.24, 2.45) is 5.84 Å². The van der Waals surface area contributed by atoms with Crippen LogP contribution < -0.4 is 11.3 Å². The van der Waals surface area contributed by atoms with E-state index in [9.17, 15) is 4.79 Å². The lowest BCUT2D eigenvalue weighted by Gasteiger charge is -2.00. The summed E-state index contributed by atoms with van der Waals surface area (Å²) in [6, 6.07) is 6.59. The number of carbonyl (C=O) groups is 1. The molecule has 0 heterocycles. The number of hydrogen-bond donors (Lipinski definition) is 2. The molecule has 0 fully saturated rings. The van der Waals surface area contributed by atoms with Crippen LogP contribution in [0.1, 0.15) is 15.9 Å². The van der Waals surface area contributed by atoms with Gasteiger partial charge in [0.1, 0.15) is 0 Å². The van der Waals surface area contributed by atoms with Gasteiger partial charge in [-0.1, -0.05) is 0 Å². The molecule has 0 aromatic heterocycles. The number of nitrogen functional groups attached to an aromatic ring is 1. The number of hydrazine groups is 1. The fourth-order valence-corrected chi connectivity index (χ4v) is 0.852. The zero-order valence-electron chi connectivity index (χ0n) is 6.24. The van der Waals surface area contributed by atoms with Gasteiger partial charge in [0.05, 0.1) is 11.6 Å². The lowest BCUT2D eigenvalue weighted by Crippen LogP contribution is -2.07. The number of benzene rings is 1. The van der Waals surface area contributed by atoms with Crippen molar-refractivity contribution in [1.29, 1.82) is 5.26 Å². The van der Waals surface area contributed by atoms with Crippen molar-refractivity contribution in [2.45, 2.75) is 0 Å². The van der Waals surface area contributed by atoms with Gasteiger partial charge in [-0.05, 0) is 18.2 Å². The molecule has 0 saturated heterocycles. The lowest BCUT2D eigenvalue weighted by molar-refractivity contribution is 0.112. The summed E-state index contributed by atoms with van der Waals surface area (Å²) in [6.45, 7) is 0. The van der Waals surface area contributed by atoms with Crippen LogP contribution in [0.5, 0.6) is 0 Å². The normalized spacial score (nSPS) is 8.67. The highest BCUT2D eigenvalue weighted by atomic mass is 16.1. The molecule has 1 aromatic carbocycles. The predicted molar refractivity (Wildman–Crippen MR) is 44.4 cm³/mol. The third-order valence-electron chi connectivity index (χ3n) is 1.47. The first-order chi connectivity index (χ1) is 5.81. The fraction of sp³-hybridized carbons (Fsp3) is 0. The van der Waals surface area contributed by atoms with Crippen molar-refractivity contribution >= 4 is 12.0 Å². The third kappa shape index (κ3) is 1.41. The second-order valence-corrected chi connectivity index (χ2v) is 2.18. The second-order valence-electron chi connectivity index (χ2n) is 2.18.